The van der Waals surface area contributed by atoms with Gasteiger partial charge in [-0.25, -0.2) is 0 Å². The molecule has 1 amide bonds. The summed E-state index contributed by atoms with van der Waals surface area (Å²) in [5.41, 5.74) is -0.0645. The monoisotopic (exact) mass is 390 g/mol. The minimum Gasteiger partial charge on any atom is -0.494 e. The molecule has 158 valence electrons. The lowest BCUT2D eigenvalue weighted by atomic mass is 9.93. The second-order valence-corrected chi connectivity index (χ2v) is 8.47. The average molecular weight is 391 g/mol. The number of anilines is 1. The lowest BCUT2D eigenvalue weighted by Crippen LogP contribution is -2.43. The van der Waals surface area contributed by atoms with E-state index in [1.807, 2.05) is 31.2 Å². The van der Waals surface area contributed by atoms with Gasteiger partial charge in [-0.15, -0.1) is 0 Å². The number of amides is 1. The molecule has 0 spiro atoms. The molecule has 0 unspecified atom stereocenters. The van der Waals surface area contributed by atoms with Gasteiger partial charge in [0, 0.05) is 19.3 Å². The number of ether oxygens (including phenoxy) is 2. The molecule has 5 heteroatoms. The highest BCUT2D eigenvalue weighted by Gasteiger charge is 2.33. The Hall–Kier alpha value is -1.59. The zero-order valence-electron chi connectivity index (χ0n) is 18.1. The molecule has 1 saturated heterocycles. The van der Waals surface area contributed by atoms with Gasteiger partial charge in [-0.3, -0.25) is 4.79 Å². The highest BCUT2D eigenvalue weighted by atomic mass is 16.5. The largest absolute Gasteiger partial charge is 0.494 e. The van der Waals surface area contributed by atoms with Gasteiger partial charge in [0.15, 0.2) is 0 Å². The Kier molecular flexibility index (Phi) is 9.26. The predicted octanol–water partition coefficient (Wildman–Crippen LogP) is 4.72. The smallest absolute Gasteiger partial charge is 0.256 e. The first-order chi connectivity index (χ1) is 13.4. The third kappa shape index (κ3) is 7.44. The van der Waals surface area contributed by atoms with Crippen molar-refractivity contribution in [3.8, 4) is 5.75 Å². The van der Waals surface area contributed by atoms with Gasteiger partial charge in [0.1, 0.15) is 11.4 Å². The Labute approximate surface area is 170 Å². The summed E-state index contributed by atoms with van der Waals surface area (Å²) in [5.74, 6) is 1.10. The van der Waals surface area contributed by atoms with Crippen LogP contribution in [0, 0.1) is 5.92 Å². The predicted molar refractivity (Wildman–Crippen MR) is 115 cm³/mol. The Balaban J connectivity index is 1.75. The minimum atomic E-state index is -0.823. The van der Waals surface area contributed by atoms with Crippen molar-refractivity contribution >= 4 is 11.6 Å². The van der Waals surface area contributed by atoms with E-state index < -0.39 is 5.60 Å². The maximum Gasteiger partial charge on any atom is 0.256 e. The quantitative estimate of drug-likeness (QED) is 0.587. The summed E-state index contributed by atoms with van der Waals surface area (Å²) >= 11 is 0. The Bertz CT molecular complexity index is 580. The van der Waals surface area contributed by atoms with Gasteiger partial charge in [-0.1, -0.05) is 26.7 Å². The molecule has 28 heavy (non-hydrogen) atoms. The van der Waals surface area contributed by atoms with Gasteiger partial charge >= 0.3 is 0 Å². The molecule has 1 N–H and O–H groups in total. The molecule has 0 saturated carbocycles. The molecule has 1 fully saturated rings. The third-order valence-corrected chi connectivity index (χ3v) is 5.43. The van der Waals surface area contributed by atoms with Crippen molar-refractivity contribution < 1.29 is 14.3 Å². The molecule has 1 aliphatic heterocycles. The fraction of sp³-hybridized carbons (Fsp3) is 0.696. The van der Waals surface area contributed by atoms with E-state index in [9.17, 15) is 4.79 Å². The number of carbonyl (C=O) groups excluding carboxylic acids is 1. The van der Waals surface area contributed by atoms with Crippen LogP contribution in [0.15, 0.2) is 24.3 Å². The van der Waals surface area contributed by atoms with Gasteiger partial charge in [-0.2, -0.15) is 0 Å². The Morgan fingerprint density at radius 1 is 1.14 bits per heavy atom. The van der Waals surface area contributed by atoms with E-state index in [-0.39, 0.29) is 5.91 Å². The van der Waals surface area contributed by atoms with Gasteiger partial charge in [0.05, 0.1) is 6.61 Å². The van der Waals surface area contributed by atoms with Crippen LogP contribution in [0.5, 0.6) is 5.75 Å². The van der Waals surface area contributed by atoms with Crippen LogP contribution >= 0.6 is 0 Å². The SMILES string of the molecule is CO[C@](C)(CC(C)C)C(=O)Nc1ccc(OCCCN2CCCCCC2)cc1. The van der Waals surface area contributed by atoms with Crippen LogP contribution in [-0.4, -0.2) is 49.8 Å². The number of nitrogens with zero attached hydrogens (tertiary/aromatic N) is 1. The number of hydrogen-bond acceptors (Lipinski definition) is 4. The Morgan fingerprint density at radius 2 is 1.79 bits per heavy atom. The van der Waals surface area contributed by atoms with Crippen LogP contribution in [0.1, 0.15) is 59.3 Å². The van der Waals surface area contributed by atoms with Gasteiger partial charge in [0.25, 0.3) is 5.91 Å². The first-order valence-electron chi connectivity index (χ1n) is 10.7. The molecule has 2 rings (SSSR count). The second-order valence-electron chi connectivity index (χ2n) is 8.47. The molecular formula is C23H38N2O3. The van der Waals surface area contributed by atoms with Crippen molar-refractivity contribution in [2.45, 2.75) is 64.9 Å². The number of likely N-dealkylation sites (tertiary alicyclic amines) is 1. The molecular weight excluding hydrogens is 352 g/mol. The number of benzene rings is 1. The number of methoxy groups -OCH3 is 1. The van der Waals surface area contributed by atoms with E-state index in [1.54, 1.807) is 7.11 Å². The van der Waals surface area contributed by atoms with E-state index >= 15 is 0 Å². The standard InChI is InChI=1S/C23H38N2O3/c1-19(2)18-23(3,27-4)22(26)24-20-10-12-21(13-11-20)28-17-9-16-25-14-7-5-6-8-15-25/h10-13,19H,5-9,14-18H2,1-4H3,(H,24,26)/t23-/m1/s1. The first kappa shape index (κ1) is 22.7. The molecule has 5 nitrogen and oxygen atoms in total. The summed E-state index contributed by atoms with van der Waals surface area (Å²) in [7, 11) is 1.59. The highest BCUT2D eigenvalue weighted by Crippen LogP contribution is 2.23. The van der Waals surface area contributed by atoms with Crippen LogP contribution in [-0.2, 0) is 9.53 Å². The van der Waals surface area contributed by atoms with Crippen molar-refractivity contribution in [2.75, 3.05) is 38.7 Å². The molecule has 0 aliphatic carbocycles. The van der Waals surface area contributed by atoms with Crippen LogP contribution in [0.4, 0.5) is 5.69 Å². The van der Waals surface area contributed by atoms with E-state index in [0.29, 0.717) is 12.3 Å². The summed E-state index contributed by atoms with van der Waals surface area (Å²) in [6.45, 7) is 10.3. The van der Waals surface area contributed by atoms with Crippen LogP contribution in [0.3, 0.4) is 0 Å². The number of nitrogens with one attached hydrogen (secondary N) is 1. The average Bonchev–Trinajstić information content (AvgIpc) is 2.94. The topological polar surface area (TPSA) is 50.8 Å². The molecule has 1 aromatic rings. The van der Waals surface area contributed by atoms with Crippen molar-refractivity contribution in [2.24, 2.45) is 5.92 Å². The Morgan fingerprint density at radius 3 is 2.36 bits per heavy atom. The van der Waals surface area contributed by atoms with E-state index in [0.717, 1.165) is 31.0 Å². The molecule has 1 heterocycles. The normalized spacial score (nSPS) is 17.8. The van der Waals surface area contributed by atoms with Crippen molar-refractivity contribution in [1.29, 1.82) is 0 Å². The number of hydrogen-bond donors (Lipinski definition) is 1. The molecule has 0 aromatic heterocycles. The maximum absolute atomic E-state index is 12.6. The van der Waals surface area contributed by atoms with Crippen molar-refractivity contribution in [3.05, 3.63) is 24.3 Å². The summed E-state index contributed by atoms with van der Waals surface area (Å²) in [5, 5.41) is 2.96. The minimum absolute atomic E-state index is 0.116. The lowest BCUT2D eigenvalue weighted by Gasteiger charge is -2.28. The number of carbonyl (C=O) groups is 1. The summed E-state index contributed by atoms with van der Waals surface area (Å²) in [6, 6.07) is 7.59. The summed E-state index contributed by atoms with van der Waals surface area (Å²) < 4.78 is 11.4. The summed E-state index contributed by atoms with van der Waals surface area (Å²) in [6.07, 6.45) is 7.11. The molecule has 1 aromatic carbocycles. The fourth-order valence-electron chi connectivity index (χ4n) is 3.78. The molecule has 0 radical (unpaired) electrons. The lowest BCUT2D eigenvalue weighted by molar-refractivity contribution is -0.137. The number of rotatable bonds is 10. The van der Waals surface area contributed by atoms with Crippen molar-refractivity contribution in [1.82, 2.24) is 4.90 Å². The van der Waals surface area contributed by atoms with Gasteiger partial charge in [-0.05, 0) is 75.9 Å². The molecule has 1 aliphatic rings. The van der Waals surface area contributed by atoms with E-state index in [4.69, 9.17) is 9.47 Å². The van der Waals surface area contributed by atoms with Crippen molar-refractivity contribution in [3.63, 3.8) is 0 Å². The second kappa shape index (κ2) is 11.4. The maximum atomic E-state index is 12.6. The van der Waals surface area contributed by atoms with E-state index in [1.165, 1.54) is 38.8 Å². The van der Waals surface area contributed by atoms with Crippen LogP contribution < -0.4 is 10.1 Å². The van der Waals surface area contributed by atoms with E-state index in [2.05, 4.69) is 24.1 Å². The third-order valence-electron chi connectivity index (χ3n) is 5.43. The summed E-state index contributed by atoms with van der Waals surface area (Å²) in [4.78, 5) is 15.2. The van der Waals surface area contributed by atoms with Crippen LogP contribution in [0.2, 0.25) is 0 Å². The molecule has 0 bridgehead atoms. The fourth-order valence-corrected chi connectivity index (χ4v) is 3.78. The van der Waals surface area contributed by atoms with Crippen LogP contribution in [0.25, 0.3) is 0 Å². The zero-order chi connectivity index (χ0) is 20.4. The highest BCUT2D eigenvalue weighted by molar-refractivity contribution is 5.97. The van der Waals surface area contributed by atoms with Gasteiger partial charge < -0.3 is 19.7 Å². The molecule has 1 atom stereocenters. The zero-order valence-corrected chi connectivity index (χ0v) is 18.1. The first-order valence-corrected chi connectivity index (χ1v) is 10.7. The van der Waals surface area contributed by atoms with Gasteiger partial charge in [0.2, 0.25) is 0 Å².